The van der Waals surface area contributed by atoms with E-state index in [1.165, 1.54) is 30.6 Å². The molecule has 1 aromatic rings. The Kier molecular flexibility index (Phi) is 4.15. The van der Waals surface area contributed by atoms with Crippen molar-refractivity contribution in [2.45, 2.75) is 35.8 Å². The maximum absolute atomic E-state index is 5.56. The van der Waals surface area contributed by atoms with Crippen LogP contribution in [0.5, 0.6) is 0 Å². The Balaban J connectivity index is 1.67. The maximum atomic E-state index is 5.56. The molecule has 1 atom stereocenters. The summed E-state index contributed by atoms with van der Waals surface area (Å²) in [6, 6.07) is 8.89. The summed E-state index contributed by atoms with van der Waals surface area (Å²) < 4.78 is 5.56. The highest BCUT2D eigenvalue weighted by Crippen LogP contribution is 2.45. The van der Waals surface area contributed by atoms with E-state index < -0.39 is 0 Å². The molecule has 1 aromatic carbocycles. The van der Waals surface area contributed by atoms with E-state index >= 15 is 0 Å². The van der Waals surface area contributed by atoms with Crippen molar-refractivity contribution in [2.24, 2.45) is 5.41 Å². The molecule has 1 N–H and O–H groups in total. The van der Waals surface area contributed by atoms with Crippen LogP contribution in [0.2, 0.25) is 0 Å². The molecule has 1 unspecified atom stereocenters. The van der Waals surface area contributed by atoms with E-state index in [-0.39, 0.29) is 0 Å². The minimum Gasteiger partial charge on any atom is -0.381 e. The molecular weight excluding hydrogens is 254 g/mol. The number of fused-ring (bicyclic) bond motifs is 1. The molecule has 1 saturated heterocycles. The van der Waals surface area contributed by atoms with Crippen molar-refractivity contribution in [3.63, 3.8) is 0 Å². The molecule has 0 aromatic heterocycles. The topological polar surface area (TPSA) is 21.3 Å². The largest absolute Gasteiger partial charge is 0.381 e. The maximum Gasteiger partial charge on any atom is 0.0471 e. The Bertz CT molecular complexity index is 398. The quantitative estimate of drug-likeness (QED) is 0.914. The zero-order valence-corrected chi connectivity index (χ0v) is 12.5. The summed E-state index contributed by atoms with van der Waals surface area (Å²) in [7, 11) is 2.08. The van der Waals surface area contributed by atoms with Gasteiger partial charge in [-0.25, -0.2) is 0 Å². The Hall–Kier alpha value is -0.510. The van der Waals surface area contributed by atoms with Crippen molar-refractivity contribution in [3.05, 3.63) is 29.8 Å². The molecule has 0 spiro atoms. The van der Waals surface area contributed by atoms with Crippen molar-refractivity contribution >= 4 is 11.8 Å². The van der Waals surface area contributed by atoms with E-state index in [0.717, 1.165) is 25.0 Å². The number of nitrogens with one attached hydrogen (secondary N) is 1. The molecule has 1 fully saturated rings. The van der Waals surface area contributed by atoms with Gasteiger partial charge in [0, 0.05) is 29.9 Å². The van der Waals surface area contributed by atoms with Gasteiger partial charge in [-0.2, -0.15) is 0 Å². The first kappa shape index (κ1) is 13.5. The molecule has 0 saturated carbocycles. The van der Waals surface area contributed by atoms with Gasteiger partial charge >= 0.3 is 0 Å². The van der Waals surface area contributed by atoms with Crippen molar-refractivity contribution in [1.29, 1.82) is 0 Å². The van der Waals surface area contributed by atoms with Gasteiger partial charge in [0.1, 0.15) is 0 Å². The SMILES string of the molecule is CNCC1(CC2Cc3ccccc3S2)CCOCC1. The number of hydrogen-bond acceptors (Lipinski definition) is 3. The standard InChI is InChI=1S/C16H23NOS/c1-17-12-16(6-8-18-9-7-16)11-14-10-13-4-2-3-5-15(13)19-14/h2-5,14,17H,6-12H2,1H3. The minimum absolute atomic E-state index is 0.451. The Morgan fingerprint density at radius 3 is 2.84 bits per heavy atom. The normalized spacial score (nSPS) is 25.2. The summed E-state index contributed by atoms with van der Waals surface area (Å²) in [5, 5.41) is 4.16. The van der Waals surface area contributed by atoms with Crippen molar-refractivity contribution in [2.75, 3.05) is 26.8 Å². The van der Waals surface area contributed by atoms with E-state index in [9.17, 15) is 0 Å². The molecule has 104 valence electrons. The Labute approximate surface area is 120 Å². The highest BCUT2D eigenvalue weighted by molar-refractivity contribution is 8.00. The van der Waals surface area contributed by atoms with Gasteiger partial charge in [0.2, 0.25) is 0 Å². The molecule has 3 rings (SSSR count). The summed E-state index contributed by atoms with van der Waals surface area (Å²) in [6.45, 7) is 3.00. The van der Waals surface area contributed by atoms with Gasteiger partial charge < -0.3 is 10.1 Å². The molecular formula is C16H23NOS. The molecule has 2 nitrogen and oxygen atoms in total. The fourth-order valence-corrected chi connectivity index (χ4v) is 5.00. The van der Waals surface area contributed by atoms with Gasteiger partial charge in [-0.1, -0.05) is 18.2 Å². The lowest BCUT2D eigenvalue weighted by atomic mass is 9.75. The summed E-state index contributed by atoms with van der Waals surface area (Å²) in [4.78, 5) is 1.50. The van der Waals surface area contributed by atoms with E-state index in [1.54, 1.807) is 5.56 Å². The van der Waals surface area contributed by atoms with E-state index in [0.29, 0.717) is 5.41 Å². The van der Waals surface area contributed by atoms with Crippen LogP contribution in [-0.4, -0.2) is 32.1 Å². The molecule has 0 aliphatic carbocycles. The zero-order chi connectivity index (χ0) is 13.1. The molecule has 0 radical (unpaired) electrons. The zero-order valence-electron chi connectivity index (χ0n) is 11.7. The van der Waals surface area contributed by atoms with Crippen LogP contribution in [0.1, 0.15) is 24.8 Å². The van der Waals surface area contributed by atoms with Gasteiger partial charge in [0.25, 0.3) is 0 Å². The van der Waals surface area contributed by atoms with Crippen LogP contribution in [-0.2, 0) is 11.2 Å². The van der Waals surface area contributed by atoms with Crippen LogP contribution in [0.4, 0.5) is 0 Å². The van der Waals surface area contributed by atoms with Gasteiger partial charge in [-0.3, -0.25) is 0 Å². The first-order chi connectivity index (χ1) is 9.31. The highest BCUT2D eigenvalue weighted by Gasteiger charge is 2.36. The van der Waals surface area contributed by atoms with Gasteiger partial charge in [0.15, 0.2) is 0 Å². The third-order valence-corrected chi connectivity index (χ3v) is 5.80. The lowest BCUT2D eigenvalue weighted by molar-refractivity contribution is 0.0113. The Morgan fingerprint density at radius 1 is 1.32 bits per heavy atom. The van der Waals surface area contributed by atoms with E-state index in [1.807, 2.05) is 0 Å². The highest BCUT2D eigenvalue weighted by atomic mass is 32.2. The fourth-order valence-electron chi connectivity index (χ4n) is 3.48. The molecule has 3 heteroatoms. The first-order valence-corrected chi connectivity index (χ1v) is 8.16. The predicted octanol–water partition coefficient (Wildman–Crippen LogP) is 3.11. The number of ether oxygens (including phenoxy) is 1. The smallest absolute Gasteiger partial charge is 0.0471 e. The van der Waals surface area contributed by atoms with Crippen molar-refractivity contribution in [1.82, 2.24) is 5.32 Å². The monoisotopic (exact) mass is 277 g/mol. The van der Waals surface area contributed by atoms with Crippen LogP contribution >= 0.6 is 11.8 Å². The number of hydrogen-bond donors (Lipinski definition) is 1. The molecule has 19 heavy (non-hydrogen) atoms. The average molecular weight is 277 g/mol. The van der Waals surface area contributed by atoms with Crippen LogP contribution in [0.15, 0.2) is 29.2 Å². The second kappa shape index (κ2) is 5.86. The second-order valence-corrected chi connectivity index (χ2v) is 7.24. The Morgan fingerprint density at radius 2 is 2.11 bits per heavy atom. The lowest BCUT2D eigenvalue weighted by Gasteiger charge is -2.38. The van der Waals surface area contributed by atoms with Crippen LogP contribution in [0, 0.1) is 5.41 Å². The fraction of sp³-hybridized carbons (Fsp3) is 0.625. The van der Waals surface area contributed by atoms with Gasteiger partial charge in [-0.05, 0) is 49.8 Å². The predicted molar refractivity (Wildman–Crippen MR) is 80.8 cm³/mol. The van der Waals surface area contributed by atoms with Crippen LogP contribution < -0.4 is 5.32 Å². The summed E-state index contributed by atoms with van der Waals surface area (Å²) in [5.41, 5.74) is 2.00. The molecule has 2 heterocycles. The summed E-state index contributed by atoms with van der Waals surface area (Å²) in [6.07, 6.45) is 4.98. The number of thioether (sulfide) groups is 1. The summed E-state index contributed by atoms with van der Waals surface area (Å²) in [5.74, 6) is 0. The molecule has 0 bridgehead atoms. The van der Waals surface area contributed by atoms with Gasteiger partial charge in [-0.15, -0.1) is 11.8 Å². The minimum atomic E-state index is 0.451. The molecule has 0 amide bonds. The first-order valence-electron chi connectivity index (χ1n) is 7.28. The van der Waals surface area contributed by atoms with E-state index in [2.05, 4.69) is 48.4 Å². The van der Waals surface area contributed by atoms with Crippen molar-refractivity contribution < 1.29 is 4.74 Å². The molecule has 2 aliphatic rings. The third-order valence-electron chi connectivity index (χ3n) is 4.48. The summed E-state index contributed by atoms with van der Waals surface area (Å²) >= 11 is 2.09. The van der Waals surface area contributed by atoms with E-state index in [4.69, 9.17) is 4.74 Å². The lowest BCUT2D eigenvalue weighted by Crippen LogP contribution is -2.40. The molecule has 2 aliphatic heterocycles. The van der Waals surface area contributed by atoms with Crippen LogP contribution in [0.25, 0.3) is 0 Å². The average Bonchev–Trinajstić information content (AvgIpc) is 2.81. The van der Waals surface area contributed by atoms with Crippen LogP contribution in [0.3, 0.4) is 0 Å². The third kappa shape index (κ3) is 2.99. The second-order valence-electron chi connectivity index (χ2n) is 5.90. The number of rotatable bonds is 4. The van der Waals surface area contributed by atoms with Gasteiger partial charge in [0.05, 0.1) is 0 Å². The van der Waals surface area contributed by atoms with Crippen molar-refractivity contribution in [3.8, 4) is 0 Å². The number of benzene rings is 1.